The molecule has 2 aliphatic heterocycles. The Morgan fingerprint density at radius 2 is 1.73 bits per heavy atom. The molecule has 49 heavy (non-hydrogen) atoms. The number of anilines is 1. The van der Waals surface area contributed by atoms with Crippen molar-refractivity contribution in [1.29, 1.82) is 0 Å². The lowest BCUT2D eigenvalue weighted by atomic mass is 9.84. The highest BCUT2D eigenvalue weighted by atomic mass is 19.4. The fraction of sp³-hybridized carbons (Fsp3) is 0.629. The standard InChI is InChI=1S/C35H48F3N7O4/c1-20(46)39-27-19-23(43-33(2,3)4)9-11-28(27)45-17-14-26(31(45)47)41-30-24-18-22(35(36,37)38)8-10-25(24)40-29(42-30)21-12-15-44(16-13-21)32(48)49-34(5,6)7/h8,10,12,18,23,26-28,43H,9,11,13-17,19H2,1-7H3,(H,39,46)(H,40,41,42)/t23-,26?,27-,28+/m1/s1. The quantitative estimate of drug-likeness (QED) is 0.364. The molecule has 268 valence electrons. The molecular formula is C35H48F3N7O4. The molecule has 3 N–H and O–H groups in total. The predicted molar refractivity (Wildman–Crippen MR) is 181 cm³/mol. The summed E-state index contributed by atoms with van der Waals surface area (Å²) in [7, 11) is 0. The van der Waals surface area contributed by atoms with E-state index in [9.17, 15) is 27.6 Å². The van der Waals surface area contributed by atoms with Gasteiger partial charge in [0.2, 0.25) is 11.8 Å². The maximum atomic E-state index is 13.9. The van der Waals surface area contributed by atoms with Crippen LogP contribution in [-0.2, 0) is 20.5 Å². The van der Waals surface area contributed by atoms with Crippen molar-refractivity contribution >= 4 is 40.2 Å². The second-order valence-electron chi connectivity index (χ2n) is 15.3. The van der Waals surface area contributed by atoms with Gasteiger partial charge in [0, 0.05) is 43.5 Å². The summed E-state index contributed by atoms with van der Waals surface area (Å²) in [5, 5.41) is 10.0. The van der Waals surface area contributed by atoms with Gasteiger partial charge in [-0.2, -0.15) is 13.2 Å². The molecule has 1 aliphatic carbocycles. The van der Waals surface area contributed by atoms with Crippen molar-refractivity contribution in [1.82, 2.24) is 30.4 Å². The van der Waals surface area contributed by atoms with E-state index in [4.69, 9.17) is 4.74 Å². The normalized spacial score (nSPS) is 23.8. The van der Waals surface area contributed by atoms with Gasteiger partial charge >= 0.3 is 12.3 Å². The fourth-order valence-corrected chi connectivity index (χ4v) is 6.94. The summed E-state index contributed by atoms with van der Waals surface area (Å²) in [5.74, 6) is 0.0988. The topological polar surface area (TPSA) is 129 Å². The monoisotopic (exact) mass is 687 g/mol. The van der Waals surface area contributed by atoms with Gasteiger partial charge in [-0.15, -0.1) is 0 Å². The minimum Gasteiger partial charge on any atom is -0.444 e. The summed E-state index contributed by atoms with van der Waals surface area (Å²) < 4.78 is 46.8. The summed E-state index contributed by atoms with van der Waals surface area (Å²) >= 11 is 0. The minimum absolute atomic E-state index is 0.104. The summed E-state index contributed by atoms with van der Waals surface area (Å²) in [6.07, 6.45) is -0.171. The molecule has 4 atom stereocenters. The third-order valence-electron chi connectivity index (χ3n) is 8.96. The van der Waals surface area contributed by atoms with Gasteiger partial charge in [0.1, 0.15) is 17.5 Å². The molecule has 1 aromatic carbocycles. The van der Waals surface area contributed by atoms with Crippen molar-refractivity contribution in [2.75, 3.05) is 25.0 Å². The second kappa shape index (κ2) is 13.8. The summed E-state index contributed by atoms with van der Waals surface area (Å²) in [4.78, 5) is 51.4. The number of likely N-dealkylation sites (tertiary alicyclic amines) is 1. The molecule has 1 aromatic heterocycles. The number of carbonyl (C=O) groups is 3. The van der Waals surface area contributed by atoms with E-state index >= 15 is 0 Å². The van der Waals surface area contributed by atoms with Gasteiger partial charge in [-0.05, 0) is 97.4 Å². The maximum Gasteiger partial charge on any atom is 0.416 e. The van der Waals surface area contributed by atoms with E-state index < -0.39 is 29.5 Å². The van der Waals surface area contributed by atoms with Crippen LogP contribution in [0.15, 0.2) is 24.3 Å². The highest BCUT2D eigenvalue weighted by Gasteiger charge is 2.43. The Labute approximate surface area is 285 Å². The number of ether oxygens (including phenoxy) is 1. The third-order valence-corrected chi connectivity index (χ3v) is 8.96. The van der Waals surface area contributed by atoms with Crippen molar-refractivity contribution in [3.8, 4) is 0 Å². The lowest BCUT2D eigenvalue weighted by Gasteiger charge is -2.43. The molecule has 1 saturated carbocycles. The largest absolute Gasteiger partial charge is 0.444 e. The van der Waals surface area contributed by atoms with Crippen molar-refractivity contribution < 1.29 is 32.3 Å². The molecule has 1 saturated heterocycles. The molecule has 3 amide bonds. The Bertz CT molecular complexity index is 1620. The maximum absolute atomic E-state index is 13.9. The summed E-state index contributed by atoms with van der Waals surface area (Å²) in [5.41, 5.74) is -0.550. The molecule has 0 spiro atoms. The van der Waals surface area contributed by atoms with Gasteiger partial charge in [0.15, 0.2) is 5.82 Å². The number of benzene rings is 1. The molecule has 14 heteroatoms. The Kier molecular flexibility index (Phi) is 10.2. The van der Waals surface area contributed by atoms with Crippen LogP contribution in [0.1, 0.15) is 92.0 Å². The molecule has 3 heterocycles. The lowest BCUT2D eigenvalue weighted by Crippen LogP contribution is -2.59. The van der Waals surface area contributed by atoms with Crippen molar-refractivity contribution in [2.45, 2.75) is 122 Å². The first kappa shape index (κ1) is 36.3. The van der Waals surface area contributed by atoms with Gasteiger partial charge in [-0.3, -0.25) is 9.59 Å². The first-order valence-electron chi connectivity index (χ1n) is 17.0. The van der Waals surface area contributed by atoms with Crippen LogP contribution >= 0.6 is 0 Å². The Balaban J connectivity index is 1.40. The zero-order valence-electron chi connectivity index (χ0n) is 29.3. The zero-order chi connectivity index (χ0) is 35.9. The first-order valence-corrected chi connectivity index (χ1v) is 17.0. The molecule has 3 aliphatic rings. The zero-order valence-corrected chi connectivity index (χ0v) is 29.3. The molecule has 0 radical (unpaired) electrons. The molecule has 0 bridgehead atoms. The van der Waals surface area contributed by atoms with Crippen LogP contribution in [0.2, 0.25) is 0 Å². The van der Waals surface area contributed by atoms with Crippen LogP contribution in [0.5, 0.6) is 0 Å². The number of nitrogens with one attached hydrogen (secondary N) is 3. The van der Waals surface area contributed by atoms with E-state index in [1.807, 2.05) is 6.08 Å². The number of fused-ring (bicyclic) bond motifs is 1. The fourth-order valence-electron chi connectivity index (χ4n) is 6.94. The molecule has 2 aromatic rings. The van der Waals surface area contributed by atoms with Crippen LogP contribution in [0.4, 0.5) is 23.8 Å². The first-order chi connectivity index (χ1) is 22.8. The number of rotatable bonds is 6. The van der Waals surface area contributed by atoms with E-state index in [0.29, 0.717) is 50.1 Å². The van der Waals surface area contributed by atoms with Crippen LogP contribution < -0.4 is 16.0 Å². The molecular weight excluding hydrogens is 639 g/mol. The average molecular weight is 688 g/mol. The Hall–Kier alpha value is -3.94. The van der Waals surface area contributed by atoms with E-state index in [1.165, 1.54) is 13.0 Å². The van der Waals surface area contributed by atoms with Crippen molar-refractivity contribution in [2.24, 2.45) is 0 Å². The highest BCUT2D eigenvalue weighted by molar-refractivity contribution is 5.94. The summed E-state index contributed by atoms with van der Waals surface area (Å²) in [6.45, 7) is 14.2. The number of aromatic nitrogens is 2. The van der Waals surface area contributed by atoms with Gasteiger partial charge in [0.25, 0.3) is 0 Å². The average Bonchev–Trinajstić information content (AvgIpc) is 3.33. The Morgan fingerprint density at radius 3 is 2.35 bits per heavy atom. The second-order valence-corrected chi connectivity index (χ2v) is 15.3. The number of hydrogen-bond donors (Lipinski definition) is 3. The number of amides is 3. The number of nitrogens with zero attached hydrogens (tertiary/aromatic N) is 4. The van der Waals surface area contributed by atoms with E-state index in [-0.39, 0.29) is 53.2 Å². The number of alkyl halides is 3. The van der Waals surface area contributed by atoms with Crippen molar-refractivity contribution in [3.05, 3.63) is 35.7 Å². The molecule has 5 rings (SSSR count). The minimum atomic E-state index is -4.58. The number of carbonyl (C=O) groups excluding carboxylic acids is 3. The Morgan fingerprint density at radius 1 is 1.00 bits per heavy atom. The van der Waals surface area contributed by atoms with Crippen LogP contribution in [0.3, 0.4) is 0 Å². The third kappa shape index (κ3) is 9.00. The predicted octanol–water partition coefficient (Wildman–Crippen LogP) is 5.50. The molecule has 1 unspecified atom stereocenters. The molecule has 11 nitrogen and oxygen atoms in total. The summed E-state index contributed by atoms with van der Waals surface area (Å²) in [6, 6.07) is 2.30. The highest BCUT2D eigenvalue weighted by Crippen LogP contribution is 2.35. The SMILES string of the molecule is CC(=O)N[C@@H]1C[C@H](NC(C)(C)C)CC[C@@H]1N1CCC(Nc2nc(C3=CCN(C(=O)OC(C)(C)C)CC3)nc3ccc(C(F)(F)F)cc23)C1=O. The van der Waals surface area contributed by atoms with Gasteiger partial charge in [-0.25, -0.2) is 14.8 Å². The van der Waals surface area contributed by atoms with Gasteiger partial charge in [-0.1, -0.05) is 6.08 Å². The van der Waals surface area contributed by atoms with E-state index in [0.717, 1.165) is 24.1 Å². The van der Waals surface area contributed by atoms with Crippen LogP contribution in [0, 0.1) is 0 Å². The van der Waals surface area contributed by atoms with Crippen LogP contribution in [0.25, 0.3) is 16.5 Å². The van der Waals surface area contributed by atoms with E-state index in [1.54, 1.807) is 30.6 Å². The van der Waals surface area contributed by atoms with E-state index in [2.05, 4.69) is 46.7 Å². The smallest absolute Gasteiger partial charge is 0.416 e. The van der Waals surface area contributed by atoms with Gasteiger partial charge < -0.3 is 30.5 Å². The number of hydrogen-bond acceptors (Lipinski definition) is 8. The number of halogens is 3. The van der Waals surface area contributed by atoms with Crippen LogP contribution in [-0.4, -0.2) is 92.6 Å². The van der Waals surface area contributed by atoms with Crippen molar-refractivity contribution in [3.63, 3.8) is 0 Å². The van der Waals surface area contributed by atoms with Gasteiger partial charge in [0.05, 0.1) is 23.2 Å². The lowest BCUT2D eigenvalue weighted by molar-refractivity contribution is -0.137. The molecule has 2 fully saturated rings.